The molecule has 2 aromatic heterocycles. The molecular weight excluding hydrogens is 382 g/mol. The standard InChI is InChI=1S/C23H21N3O2S/c1-27-21-9-8-16(12-22(21)28-2)13-23-25-19(15-29-23)18-14-26(11-5-10-24)20-7-4-3-6-17(18)20/h3-4,6-9,12,14-15H,5,11,13H2,1-2H3. The first-order valence-corrected chi connectivity index (χ1v) is 10.2. The molecule has 2 aromatic carbocycles. The van der Waals surface area contributed by atoms with Crippen LogP contribution in [0.15, 0.2) is 54.0 Å². The predicted molar refractivity (Wildman–Crippen MR) is 116 cm³/mol. The third-order valence-corrected chi connectivity index (χ3v) is 5.73. The molecule has 4 aromatic rings. The maximum atomic E-state index is 8.95. The van der Waals surface area contributed by atoms with Crippen molar-refractivity contribution in [2.45, 2.75) is 19.4 Å². The average Bonchev–Trinajstić information content (AvgIpc) is 3.36. The average molecular weight is 404 g/mol. The van der Waals surface area contributed by atoms with Crippen LogP contribution in [0.4, 0.5) is 0 Å². The fourth-order valence-electron chi connectivity index (χ4n) is 3.49. The quantitative estimate of drug-likeness (QED) is 0.421. The number of rotatable bonds is 7. The number of hydrogen-bond donors (Lipinski definition) is 0. The Hall–Kier alpha value is -3.30. The zero-order valence-electron chi connectivity index (χ0n) is 16.4. The fourth-order valence-corrected chi connectivity index (χ4v) is 4.32. The first-order chi connectivity index (χ1) is 14.2. The molecule has 0 aliphatic rings. The van der Waals surface area contributed by atoms with Crippen molar-refractivity contribution >= 4 is 22.2 Å². The molecule has 0 N–H and O–H groups in total. The van der Waals surface area contributed by atoms with Crippen LogP contribution >= 0.6 is 11.3 Å². The maximum absolute atomic E-state index is 8.95. The lowest BCUT2D eigenvalue weighted by Gasteiger charge is -2.08. The summed E-state index contributed by atoms with van der Waals surface area (Å²) in [5.41, 5.74) is 4.33. The van der Waals surface area contributed by atoms with E-state index in [1.807, 2.05) is 30.3 Å². The van der Waals surface area contributed by atoms with Crippen LogP contribution in [0.1, 0.15) is 17.0 Å². The smallest absolute Gasteiger partial charge is 0.160 e. The second-order valence-electron chi connectivity index (χ2n) is 6.65. The van der Waals surface area contributed by atoms with Crippen molar-refractivity contribution < 1.29 is 9.47 Å². The van der Waals surface area contributed by atoms with E-state index in [-0.39, 0.29) is 0 Å². The van der Waals surface area contributed by atoms with Gasteiger partial charge < -0.3 is 14.0 Å². The number of para-hydroxylation sites is 1. The van der Waals surface area contributed by atoms with Crippen molar-refractivity contribution in [3.63, 3.8) is 0 Å². The number of aryl methyl sites for hydroxylation is 1. The molecule has 29 heavy (non-hydrogen) atoms. The first kappa shape index (κ1) is 19.0. The zero-order valence-corrected chi connectivity index (χ0v) is 17.2. The lowest BCUT2D eigenvalue weighted by molar-refractivity contribution is 0.354. The van der Waals surface area contributed by atoms with Crippen LogP contribution in [-0.2, 0) is 13.0 Å². The lowest BCUT2D eigenvalue weighted by atomic mass is 10.1. The molecule has 2 heterocycles. The zero-order chi connectivity index (χ0) is 20.2. The Bertz CT molecular complexity index is 1190. The second-order valence-corrected chi connectivity index (χ2v) is 7.60. The van der Waals surface area contributed by atoms with Crippen LogP contribution in [0.2, 0.25) is 0 Å². The number of hydrogen-bond acceptors (Lipinski definition) is 5. The molecule has 0 fully saturated rings. The molecule has 4 rings (SSSR count). The van der Waals surface area contributed by atoms with Gasteiger partial charge in [-0.15, -0.1) is 11.3 Å². The normalized spacial score (nSPS) is 10.8. The summed E-state index contributed by atoms with van der Waals surface area (Å²) in [5, 5.41) is 13.3. The van der Waals surface area contributed by atoms with Gasteiger partial charge in [0.05, 0.1) is 37.4 Å². The van der Waals surface area contributed by atoms with E-state index in [9.17, 15) is 0 Å². The van der Waals surface area contributed by atoms with Gasteiger partial charge in [-0.3, -0.25) is 0 Å². The predicted octanol–water partition coefficient (Wildman–Crippen LogP) is 5.29. The molecule has 0 amide bonds. The molecule has 0 unspecified atom stereocenters. The van der Waals surface area contributed by atoms with E-state index in [2.05, 4.69) is 34.3 Å². The van der Waals surface area contributed by atoms with Gasteiger partial charge in [-0.05, 0) is 23.8 Å². The minimum Gasteiger partial charge on any atom is -0.493 e. The molecule has 0 aliphatic carbocycles. The number of aromatic nitrogens is 2. The van der Waals surface area contributed by atoms with E-state index >= 15 is 0 Å². The summed E-state index contributed by atoms with van der Waals surface area (Å²) in [4.78, 5) is 4.89. The van der Waals surface area contributed by atoms with Gasteiger partial charge in [-0.25, -0.2) is 4.98 Å². The molecule has 0 aliphatic heterocycles. The number of methoxy groups -OCH3 is 2. The number of nitriles is 1. The van der Waals surface area contributed by atoms with Crippen molar-refractivity contribution in [1.29, 1.82) is 5.26 Å². The molecule has 6 heteroatoms. The molecule has 0 saturated heterocycles. The minimum absolute atomic E-state index is 0.486. The highest BCUT2D eigenvalue weighted by Gasteiger charge is 2.14. The van der Waals surface area contributed by atoms with Gasteiger partial charge in [-0.1, -0.05) is 24.3 Å². The largest absolute Gasteiger partial charge is 0.493 e. The summed E-state index contributed by atoms with van der Waals surface area (Å²) in [6.45, 7) is 0.680. The lowest BCUT2D eigenvalue weighted by Crippen LogP contribution is -1.94. The first-order valence-electron chi connectivity index (χ1n) is 9.34. The fraction of sp³-hybridized carbons (Fsp3) is 0.217. The van der Waals surface area contributed by atoms with Gasteiger partial charge in [0.1, 0.15) is 0 Å². The number of fused-ring (bicyclic) bond motifs is 1. The van der Waals surface area contributed by atoms with Crippen molar-refractivity contribution in [3.05, 3.63) is 64.6 Å². The van der Waals surface area contributed by atoms with Crippen molar-refractivity contribution in [2.24, 2.45) is 0 Å². The van der Waals surface area contributed by atoms with Crippen molar-refractivity contribution in [2.75, 3.05) is 14.2 Å². The van der Waals surface area contributed by atoms with Gasteiger partial charge in [0.2, 0.25) is 0 Å². The topological polar surface area (TPSA) is 60.1 Å². The molecule has 5 nitrogen and oxygen atoms in total. The Kier molecular flexibility index (Phi) is 5.50. The monoisotopic (exact) mass is 403 g/mol. The van der Waals surface area contributed by atoms with Gasteiger partial charge in [0.15, 0.2) is 11.5 Å². The molecule has 0 saturated carbocycles. The van der Waals surface area contributed by atoms with Gasteiger partial charge >= 0.3 is 0 Å². The SMILES string of the molecule is COc1ccc(Cc2nc(-c3cn(CCC#N)c4ccccc34)cs2)cc1OC. The maximum Gasteiger partial charge on any atom is 0.160 e. The summed E-state index contributed by atoms with van der Waals surface area (Å²) in [6.07, 6.45) is 3.33. The van der Waals surface area contributed by atoms with Crippen LogP contribution in [0.5, 0.6) is 11.5 Å². The van der Waals surface area contributed by atoms with Gasteiger partial charge in [0, 0.05) is 41.0 Å². The molecule has 146 valence electrons. The van der Waals surface area contributed by atoms with Crippen LogP contribution in [0.3, 0.4) is 0 Å². The number of ether oxygens (including phenoxy) is 2. The third-order valence-electron chi connectivity index (χ3n) is 4.88. The van der Waals surface area contributed by atoms with Crippen LogP contribution in [-0.4, -0.2) is 23.8 Å². The van der Waals surface area contributed by atoms with E-state index < -0.39 is 0 Å². The summed E-state index contributed by atoms with van der Waals surface area (Å²) in [6, 6.07) is 16.4. The van der Waals surface area contributed by atoms with E-state index in [1.54, 1.807) is 25.6 Å². The van der Waals surface area contributed by atoms with E-state index in [4.69, 9.17) is 19.7 Å². The Morgan fingerprint density at radius 2 is 1.93 bits per heavy atom. The Balaban J connectivity index is 1.64. The molecule has 0 bridgehead atoms. The number of nitrogens with zero attached hydrogens (tertiary/aromatic N) is 3. The highest BCUT2D eigenvalue weighted by molar-refractivity contribution is 7.10. The van der Waals surface area contributed by atoms with Crippen LogP contribution < -0.4 is 9.47 Å². The van der Waals surface area contributed by atoms with E-state index in [0.717, 1.165) is 50.7 Å². The Labute approximate surface area is 173 Å². The summed E-state index contributed by atoms with van der Waals surface area (Å²) in [7, 11) is 3.28. The summed E-state index contributed by atoms with van der Waals surface area (Å²) >= 11 is 1.65. The summed E-state index contributed by atoms with van der Waals surface area (Å²) < 4.78 is 12.9. The minimum atomic E-state index is 0.486. The van der Waals surface area contributed by atoms with Gasteiger partial charge in [0.25, 0.3) is 0 Å². The second kappa shape index (κ2) is 8.38. The molecule has 0 spiro atoms. The highest BCUT2D eigenvalue weighted by atomic mass is 32.1. The van der Waals surface area contributed by atoms with E-state index in [0.29, 0.717) is 13.0 Å². The Morgan fingerprint density at radius 3 is 2.72 bits per heavy atom. The summed E-state index contributed by atoms with van der Waals surface area (Å²) in [5.74, 6) is 1.45. The van der Waals surface area contributed by atoms with Crippen LogP contribution in [0.25, 0.3) is 22.2 Å². The highest BCUT2D eigenvalue weighted by Crippen LogP contribution is 2.33. The van der Waals surface area contributed by atoms with Crippen molar-refractivity contribution in [3.8, 4) is 28.8 Å². The van der Waals surface area contributed by atoms with Crippen molar-refractivity contribution in [1.82, 2.24) is 9.55 Å². The molecular formula is C23H21N3O2S. The molecule has 0 radical (unpaired) electrons. The van der Waals surface area contributed by atoms with Crippen LogP contribution in [0, 0.1) is 11.3 Å². The molecule has 0 atom stereocenters. The number of thiazole rings is 1. The van der Waals surface area contributed by atoms with Gasteiger partial charge in [-0.2, -0.15) is 5.26 Å². The number of benzene rings is 2. The Morgan fingerprint density at radius 1 is 1.10 bits per heavy atom. The van der Waals surface area contributed by atoms with E-state index in [1.165, 1.54) is 0 Å². The third kappa shape index (κ3) is 3.82.